The van der Waals surface area contributed by atoms with E-state index >= 15 is 0 Å². The molecule has 0 saturated carbocycles. The highest BCUT2D eigenvalue weighted by Gasteiger charge is 2.25. The van der Waals surface area contributed by atoms with Crippen LogP contribution in [0.25, 0.3) is 43.7 Å². The molecule has 9 aromatic heterocycles. The Morgan fingerprint density at radius 2 is 1.08 bits per heavy atom. The van der Waals surface area contributed by atoms with Gasteiger partial charge in [-0.1, -0.05) is 78.7 Å². The predicted octanol–water partition coefficient (Wildman–Crippen LogP) is 6.74. The third-order valence-corrected chi connectivity index (χ3v) is 14.5. The van der Waals surface area contributed by atoms with Gasteiger partial charge in [0.25, 0.3) is 28.5 Å². The second-order valence-corrected chi connectivity index (χ2v) is 20.8. The minimum atomic E-state index is -0.493. The van der Waals surface area contributed by atoms with Gasteiger partial charge in [0, 0.05) is 89.4 Å². The molecule has 26 heteroatoms. The van der Waals surface area contributed by atoms with Gasteiger partial charge < -0.3 is 37.0 Å². The van der Waals surface area contributed by atoms with Gasteiger partial charge in [0.05, 0.1) is 73.4 Å². The van der Waals surface area contributed by atoms with Crippen molar-refractivity contribution < 1.29 is 9.59 Å². The molecule has 3 atom stereocenters. The van der Waals surface area contributed by atoms with E-state index in [4.69, 9.17) is 46.8 Å². The van der Waals surface area contributed by atoms with Crippen LogP contribution in [0.5, 0.6) is 0 Å². The molecule has 0 spiro atoms. The van der Waals surface area contributed by atoms with Gasteiger partial charge in [-0.25, -0.2) is 24.0 Å². The number of nitrogen functional groups attached to an aromatic ring is 2. The van der Waals surface area contributed by atoms with E-state index in [1.54, 1.807) is 137 Å². The van der Waals surface area contributed by atoms with Crippen molar-refractivity contribution in [1.82, 2.24) is 78.1 Å². The van der Waals surface area contributed by atoms with Crippen molar-refractivity contribution >= 4 is 90.4 Å². The third kappa shape index (κ3) is 13.0. The maximum atomic E-state index is 13.4. The number of amides is 2. The number of nitrogens with two attached hydrogens (primary N) is 3. The summed E-state index contributed by atoms with van der Waals surface area (Å²) in [5.74, 6) is 8.49. The van der Waals surface area contributed by atoms with E-state index in [0.717, 1.165) is 16.5 Å². The van der Waals surface area contributed by atoms with Crippen LogP contribution >= 0.6 is 23.2 Å². The molecule has 8 N–H and O–H groups in total. The van der Waals surface area contributed by atoms with Crippen LogP contribution in [0.2, 0.25) is 10.0 Å². The first kappa shape index (κ1) is 63.1. The highest BCUT2D eigenvalue weighted by Crippen LogP contribution is 2.26. The molecule has 0 fully saturated rings. The van der Waals surface area contributed by atoms with Gasteiger partial charge in [0.15, 0.2) is 22.9 Å². The molecule has 9 heterocycles. The lowest BCUT2D eigenvalue weighted by Crippen LogP contribution is -2.32. The Morgan fingerprint density at radius 3 is 1.57 bits per heavy atom. The molecule has 0 aliphatic rings. The number of aromatic nitrogens is 14. The van der Waals surface area contributed by atoms with Gasteiger partial charge in [-0.2, -0.15) is 10.2 Å². The van der Waals surface area contributed by atoms with Crippen molar-refractivity contribution in [2.45, 2.75) is 46.3 Å². The number of carbonyl (C=O) groups excluding carboxylic acids is 2. The van der Waals surface area contributed by atoms with E-state index in [1.807, 2.05) is 56.7 Å². The van der Waals surface area contributed by atoms with Crippen molar-refractivity contribution in [3.63, 3.8) is 0 Å². The minimum Gasteiger partial charge on any atom is -0.381 e. The van der Waals surface area contributed by atoms with Gasteiger partial charge in [-0.15, -0.1) is 16.6 Å². The fourth-order valence-electron chi connectivity index (χ4n) is 9.58. The Hall–Kier alpha value is -10.9. The summed E-state index contributed by atoms with van der Waals surface area (Å²) >= 11 is 12.2. The summed E-state index contributed by atoms with van der Waals surface area (Å²) in [6.07, 6.45) is 18.4. The Morgan fingerprint density at radius 1 is 0.614 bits per heavy atom. The van der Waals surface area contributed by atoms with Crippen molar-refractivity contribution in [2.75, 3.05) is 11.5 Å². The van der Waals surface area contributed by atoms with Gasteiger partial charge in [-0.05, 0) is 80.1 Å². The average molecular weight is 1220 g/mol. The first-order valence-electron chi connectivity index (χ1n) is 26.6. The predicted molar refractivity (Wildman–Crippen MR) is 342 cm³/mol. The molecule has 448 valence electrons. The van der Waals surface area contributed by atoms with Gasteiger partial charge >= 0.3 is 0 Å². The van der Waals surface area contributed by atoms with Crippen molar-refractivity contribution in [3.05, 3.63) is 215 Å². The van der Waals surface area contributed by atoms with Gasteiger partial charge in [0.2, 0.25) is 0 Å². The molecule has 0 unspecified atom stereocenters. The number of terminal acetylenes is 1. The van der Waals surface area contributed by atoms with Crippen LogP contribution in [0.3, 0.4) is 0 Å². The largest absolute Gasteiger partial charge is 0.381 e. The maximum absolute atomic E-state index is 13.4. The number of carbonyl (C=O) groups is 2. The lowest BCUT2D eigenvalue weighted by atomic mass is 10.0. The number of rotatable bonds is 7. The van der Waals surface area contributed by atoms with E-state index in [9.17, 15) is 24.0 Å². The van der Waals surface area contributed by atoms with E-state index in [-0.39, 0.29) is 52.9 Å². The average Bonchev–Trinajstić information content (AvgIpc) is 3.50. The third-order valence-electron chi connectivity index (χ3n) is 13.9. The molecule has 0 aliphatic carbocycles. The molecule has 12 rings (SSSR count). The summed E-state index contributed by atoms with van der Waals surface area (Å²) in [5, 5.41) is 25.7. The van der Waals surface area contributed by atoms with Crippen LogP contribution in [0.15, 0.2) is 143 Å². The summed E-state index contributed by atoms with van der Waals surface area (Å²) in [4.78, 5) is 76.8. The summed E-state index contributed by atoms with van der Waals surface area (Å²) in [6.45, 7) is 5.39. The molecule has 3 aromatic carbocycles. The summed E-state index contributed by atoms with van der Waals surface area (Å²) < 4.78 is 10.7. The quantitative estimate of drug-likeness (QED) is 0.103. The lowest BCUT2D eigenvalue weighted by Gasteiger charge is -2.18. The molecule has 0 bridgehead atoms. The van der Waals surface area contributed by atoms with Gasteiger partial charge in [0.1, 0.15) is 17.0 Å². The Labute approximate surface area is 513 Å². The smallest absolute Gasteiger partial charge is 0.262 e. The Balaban J connectivity index is 0.000000168. The number of hydrogen-bond donors (Lipinski definition) is 5. The van der Waals surface area contributed by atoms with Crippen LogP contribution in [-0.4, -0.2) is 79.3 Å². The molecule has 2 amide bonds. The Bertz CT molecular complexity index is 4960. The van der Waals surface area contributed by atoms with Gasteiger partial charge in [-0.3, -0.25) is 37.9 Å². The zero-order chi connectivity index (χ0) is 62.5. The second kappa shape index (κ2) is 26.6. The molecule has 12 aromatic rings. The first-order chi connectivity index (χ1) is 41.6. The molecule has 0 aliphatic heterocycles. The highest BCUT2D eigenvalue weighted by molar-refractivity contribution is 6.35. The number of pyridine rings is 2. The number of benzene rings is 3. The number of anilines is 2. The molecular formula is C62H61Cl2N19O5. The van der Waals surface area contributed by atoms with E-state index in [2.05, 4.69) is 63.7 Å². The monoisotopic (exact) mass is 1220 g/mol. The Kier molecular flexibility index (Phi) is 19.0. The second-order valence-electron chi connectivity index (χ2n) is 20.0. The first-order valence-corrected chi connectivity index (χ1v) is 27.4. The van der Waals surface area contributed by atoms with Crippen molar-refractivity contribution in [3.8, 4) is 24.2 Å². The summed E-state index contributed by atoms with van der Waals surface area (Å²) in [6, 6.07) is 21.9. The molecule has 0 radical (unpaired) electrons. The lowest BCUT2D eigenvalue weighted by molar-refractivity contribution is 0.0932. The summed E-state index contributed by atoms with van der Waals surface area (Å²) in [7, 11) is 8.63. The van der Waals surface area contributed by atoms with E-state index in [1.165, 1.54) is 22.7 Å². The summed E-state index contributed by atoms with van der Waals surface area (Å²) in [5.41, 5.74) is 22.2. The SMILES string of the molecule is C.C#Cc1cnn(C)c1.C[C@H](N)c1nc2cccc(Cl)c2c(=O)n1C.C[C@H](NC(=O)c1c(N)nn2cccnc12)c1cc2cccc(C#Cc3cnn(C)c3)c2c(=O)n1C.C[C@H](NC(=O)c1c(N)nn2cccnc12)c1cc2cccc(Cl)c2c(=O)n1C. The zero-order valence-corrected chi connectivity index (χ0v) is 49.7. The van der Waals surface area contributed by atoms with Crippen LogP contribution in [0.4, 0.5) is 11.6 Å². The zero-order valence-electron chi connectivity index (χ0n) is 48.2. The van der Waals surface area contributed by atoms with Crippen LogP contribution < -0.4 is 44.5 Å². The fourth-order valence-corrected chi connectivity index (χ4v) is 10.1. The van der Waals surface area contributed by atoms with Crippen molar-refractivity contribution in [2.24, 2.45) is 41.0 Å². The number of halogens is 2. The highest BCUT2D eigenvalue weighted by atomic mass is 35.5. The molecule has 88 heavy (non-hydrogen) atoms. The number of nitrogens with one attached hydrogen (secondary N) is 2. The number of aryl methyl sites for hydroxylation is 2. The fraction of sp³-hybridized carbons (Fsp3) is 0.194. The topological polar surface area (TPSA) is 311 Å². The van der Waals surface area contributed by atoms with Crippen molar-refractivity contribution in [1.29, 1.82) is 0 Å². The number of nitrogens with zero attached hydrogens (tertiary/aromatic N) is 14. The van der Waals surface area contributed by atoms with Crippen LogP contribution in [0, 0.1) is 24.2 Å². The molecular weight excluding hydrogens is 1160 g/mol. The maximum Gasteiger partial charge on any atom is 0.262 e. The van der Waals surface area contributed by atoms with E-state index < -0.39 is 23.9 Å². The van der Waals surface area contributed by atoms with Crippen LogP contribution in [0.1, 0.15) is 101 Å². The normalized spacial score (nSPS) is 11.8. The molecule has 0 saturated heterocycles. The number of hydrogen-bond acceptors (Lipinski definition) is 15. The number of fused-ring (bicyclic) bond motifs is 5. The minimum absolute atomic E-state index is 0. The van der Waals surface area contributed by atoms with E-state index in [0.29, 0.717) is 71.2 Å². The molecule has 24 nitrogen and oxygen atoms in total. The van der Waals surface area contributed by atoms with Crippen LogP contribution in [-0.2, 0) is 35.2 Å². The standard InChI is InChI=1S/C25H22N8O2.C19H17ClN6O2.C11H12ClN3O.C6H6N2.CH4/c1-15(29-24(34)21-22(26)30-33-11-5-10-27-23(21)33)19-12-18-7-4-6-17(20(18)25(35)32(19)3)9-8-16-13-28-31(2)14-16;1-10(13-9-11-5-3-6-12(20)14(11)19(28)25(13)2)23-18(27)15-16(21)24-26-8-4-7-22-17(15)26;1-6(13)10-14-8-5-3-4-7(12)9(8)11(16)15(10)2;1-3-6-4-7-8(2)5-6;/h4-7,10-15H,1-3H3,(H2,26,30)(H,29,34);3-10H,1-2H3,(H2,21,24)(H,23,27);3-6H,13H2,1-2H3;1,4-5H,2H3;1H4/t15-;10-;6-;;/m000../s1.